The van der Waals surface area contributed by atoms with Gasteiger partial charge in [0.2, 0.25) is 11.8 Å². The minimum atomic E-state index is -0.440. The zero-order valence-corrected chi connectivity index (χ0v) is 17.5. The van der Waals surface area contributed by atoms with Gasteiger partial charge < -0.3 is 20.7 Å². The van der Waals surface area contributed by atoms with Gasteiger partial charge in [0.05, 0.1) is 35.4 Å². The molecule has 0 radical (unpaired) electrons. The van der Waals surface area contributed by atoms with Crippen LogP contribution in [0.1, 0.15) is 18.5 Å². The number of methoxy groups -OCH3 is 1. The fourth-order valence-corrected chi connectivity index (χ4v) is 5.09. The minimum absolute atomic E-state index is 0.0579. The fraction of sp³-hybridized carbons (Fsp3) is 0.368. The SMILES string of the molecule is COc1ccc2nc(N3CCCC(C(=O)Nc4nc(CC(N)=O)cs4)C3)sc2c1. The lowest BCUT2D eigenvalue weighted by Gasteiger charge is -2.31. The highest BCUT2D eigenvalue weighted by Gasteiger charge is 2.28. The molecular weight excluding hydrogens is 410 g/mol. The Morgan fingerprint density at radius 2 is 2.24 bits per heavy atom. The molecule has 1 aliphatic heterocycles. The molecular formula is C19H21N5O3S2. The van der Waals surface area contributed by atoms with Crippen LogP contribution in [0.2, 0.25) is 0 Å². The Kier molecular flexibility index (Phi) is 5.63. The van der Waals surface area contributed by atoms with Crippen molar-refractivity contribution in [3.05, 3.63) is 29.3 Å². The predicted molar refractivity (Wildman–Crippen MR) is 115 cm³/mol. The van der Waals surface area contributed by atoms with Crippen molar-refractivity contribution in [3.8, 4) is 5.75 Å². The van der Waals surface area contributed by atoms with Crippen LogP contribution in [-0.2, 0) is 16.0 Å². The molecule has 2 aromatic heterocycles. The van der Waals surface area contributed by atoms with Crippen molar-refractivity contribution in [1.82, 2.24) is 9.97 Å². The Bertz CT molecular complexity index is 1050. The first-order valence-corrected chi connectivity index (χ1v) is 10.9. The van der Waals surface area contributed by atoms with Crippen LogP contribution in [0.15, 0.2) is 23.6 Å². The lowest BCUT2D eigenvalue weighted by molar-refractivity contribution is -0.120. The van der Waals surface area contributed by atoms with Gasteiger partial charge in [0.25, 0.3) is 0 Å². The van der Waals surface area contributed by atoms with Gasteiger partial charge in [-0.15, -0.1) is 11.3 Å². The maximum absolute atomic E-state index is 12.7. The van der Waals surface area contributed by atoms with Crippen molar-refractivity contribution in [2.75, 3.05) is 30.4 Å². The van der Waals surface area contributed by atoms with Crippen molar-refractivity contribution in [2.45, 2.75) is 19.3 Å². The summed E-state index contributed by atoms with van der Waals surface area (Å²) in [5.41, 5.74) is 6.70. The summed E-state index contributed by atoms with van der Waals surface area (Å²) in [4.78, 5) is 34.9. The maximum Gasteiger partial charge on any atom is 0.231 e. The van der Waals surface area contributed by atoms with E-state index in [2.05, 4.69) is 15.2 Å². The van der Waals surface area contributed by atoms with E-state index in [1.807, 2.05) is 18.2 Å². The number of nitrogens with one attached hydrogen (secondary N) is 1. The number of primary amides is 1. The van der Waals surface area contributed by atoms with Gasteiger partial charge in [-0.25, -0.2) is 9.97 Å². The van der Waals surface area contributed by atoms with Crippen LogP contribution >= 0.6 is 22.7 Å². The van der Waals surface area contributed by atoms with Gasteiger partial charge in [-0.3, -0.25) is 9.59 Å². The molecule has 3 N–H and O–H groups in total. The normalized spacial score (nSPS) is 16.7. The Morgan fingerprint density at radius 3 is 3.03 bits per heavy atom. The summed E-state index contributed by atoms with van der Waals surface area (Å²) in [6, 6.07) is 5.84. The monoisotopic (exact) mass is 431 g/mol. The van der Waals surface area contributed by atoms with E-state index in [0.29, 0.717) is 17.4 Å². The summed E-state index contributed by atoms with van der Waals surface area (Å²) in [6.07, 6.45) is 1.81. The highest BCUT2D eigenvalue weighted by atomic mass is 32.1. The number of thiazole rings is 2. The van der Waals surface area contributed by atoms with Crippen molar-refractivity contribution in [3.63, 3.8) is 0 Å². The second-order valence-electron chi connectivity index (χ2n) is 6.89. The van der Waals surface area contributed by atoms with Crippen LogP contribution < -0.4 is 20.7 Å². The first kappa shape index (κ1) is 19.6. The Morgan fingerprint density at radius 1 is 1.38 bits per heavy atom. The van der Waals surface area contributed by atoms with E-state index in [9.17, 15) is 9.59 Å². The summed E-state index contributed by atoms with van der Waals surface area (Å²) in [5.74, 6) is 0.165. The van der Waals surface area contributed by atoms with Gasteiger partial charge in [0, 0.05) is 18.5 Å². The number of anilines is 2. The van der Waals surface area contributed by atoms with Crippen LogP contribution in [0.5, 0.6) is 5.75 Å². The van der Waals surface area contributed by atoms with Crippen LogP contribution in [-0.4, -0.2) is 42.0 Å². The molecule has 0 spiro atoms. The van der Waals surface area contributed by atoms with E-state index in [1.165, 1.54) is 11.3 Å². The van der Waals surface area contributed by atoms with Gasteiger partial charge in [0.15, 0.2) is 10.3 Å². The van der Waals surface area contributed by atoms with E-state index in [-0.39, 0.29) is 18.2 Å². The third-order valence-electron chi connectivity index (χ3n) is 4.78. The molecule has 1 aliphatic rings. The second kappa shape index (κ2) is 8.34. The number of fused-ring (bicyclic) bond motifs is 1. The number of nitrogens with two attached hydrogens (primary N) is 1. The molecule has 1 atom stereocenters. The van der Waals surface area contributed by atoms with Gasteiger partial charge in [-0.2, -0.15) is 0 Å². The fourth-order valence-electron chi connectivity index (χ4n) is 3.35. The molecule has 1 aromatic carbocycles. The van der Waals surface area contributed by atoms with E-state index in [4.69, 9.17) is 15.5 Å². The average molecular weight is 432 g/mol. The number of carbonyl (C=O) groups excluding carboxylic acids is 2. The zero-order valence-electron chi connectivity index (χ0n) is 15.9. The van der Waals surface area contributed by atoms with Gasteiger partial charge >= 0.3 is 0 Å². The van der Waals surface area contributed by atoms with E-state index < -0.39 is 5.91 Å². The van der Waals surface area contributed by atoms with Gasteiger partial charge in [-0.1, -0.05) is 11.3 Å². The molecule has 3 heterocycles. The van der Waals surface area contributed by atoms with Crippen LogP contribution in [0.3, 0.4) is 0 Å². The third-order valence-corrected chi connectivity index (χ3v) is 6.67. The van der Waals surface area contributed by atoms with Crippen molar-refractivity contribution in [2.24, 2.45) is 11.7 Å². The number of hydrogen-bond acceptors (Lipinski definition) is 8. The first-order valence-electron chi connectivity index (χ1n) is 9.25. The Balaban J connectivity index is 1.43. The molecule has 0 aliphatic carbocycles. The quantitative estimate of drug-likeness (QED) is 0.621. The summed E-state index contributed by atoms with van der Waals surface area (Å²) in [7, 11) is 1.65. The average Bonchev–Trinajstić information content (AvgIpc) is 3.33. The first-order chi connectivity index (χ1) is 14.0. The van der Waals surface area contributed by atoms with Crippen LogP contribution in [0, 0.1) is 5.92 Å². The molecule has 0 saturated carbocycles. The summed E-state index contributed by atoms with van der Waals surface area (Å²) in [5, 5.41) is 6.03. The highest BCUT2D eigenvalue weighted by molar-refractivity contribution is 7.22. The number of rotatable bonds is 6. The standard InChI is InChI=1S/C19H21N5O3S2/c1-27-13-4-5-14-15(8-13)29-19(22-14)24-6-2-3-11(9-24)17(26)23-18-21-12(10-28-18)7-16(20)25/h4-5,8,10-11H,2-3,6-7,9H2,1H3,(H2,20,25)(H,21,23,26). The number of hydrogen-bond donors (Lipinski definition) is 2. The van der Waals surface area contributed by atoms with E-state index in [1.54, 1.807) is 23.8 Å². The van der Waals surface area contributed by atoms with Crippen LogP contribution in [0.4, 0.5) is 10.3 Å². The number of ether oxygens (including phenoxy) is 1. The smallest absolute Gasteiger partial charge is 0.231 e. The number of aromatic nitrogens is 2. The van der Waals surface area contributed by atoms with Gasteiger partial charge in [0.1, 0.15) is 5.75 Å². The molecule has 0 bridgehead atoms. The lowest BCUT2D eigenvalue weighted by Crippen LogP contribution is -2.40. The van der Waals surface area contributed by atoms with Gasteiger partial charge in [-0.05, 0) is 31.0 Å². The largest absolute Gasteiger partial charge is 0.497 e. The predicted octanol–water partition coefficient (Wildman–Crippen LogP) is 2.64. The number of benzene rings is 1. The molecule has 152 valence electrons. The molecule has 4 rings (SSSR count). The van der Waals surface area contributed by atoms with E-state index in [0.717, 1.165) is 40.5 Å². The van der Waals surface area contributed by atoms with Crippen molar-refractivity contribution >= 4 is 55.0 Å². The number of piperidine rings is 1. The van der Waals surface area contributed by atoms with Crippen molar-refractivity contribution in [1.29, 1.82) is 0 Å². The molecule has 1 fully saturated rings. The summed E-state index contributed by atoms with van der Waals surface area (Å²) >= 11 is 2.91. The Hall–Kier alpha value is -2.72. The number of amides is 2. The topological polar surface area (TPSA) is 110 Å². The van der Waals surface area contributed by atoms with Crippen LogP contribution in [0.25, 0.3) is 10.2 Å². The maximum atomic E-state index is 12.7. The molecule has 10 heteroatoms. The molecule has 29 heavy (non-hydrogen) atoms. The molecule has 8 nitrogen and oxygen atoms in total. The highest BCUT2D eigenvalue weighted by Crippen LogP contribution is 2.33. The Labute approximate surface area is 175 Å². The minimum Gasteiger partial charge on any atom is -0.497 e. The molecule has 1 unspecified atom stereocenters. The van der Waals surface area contributed by atoms with Crippen molar-refractivity contribution < 1.29 is 14.3 Å². The molecule has 2 amide bonds. The lowest BCUT2D eigenvalue weighted by atomic mass is 9.97. The molecule has 3 aromatic rings. The molecule has 1 saturated heterocycles. The van der Waals surface area contributed by atoms with E-state index >= 15 is 0 Å². The number of carbonyl (C=O) groups is 2. The third kappa shape index (κ3) is 4.48. The number of nitrogens with zero attached hydrogens (tertiary/aromatic N) is 3. The second-order valence-corrected chi connectivity index (χ2v) is 8.76. The summed E-state index contributed by atoms with van der Waals surface area (Å²) < 4.78 is 6.35. The summed E-state index contributed by atoms with van der Waals surface area (Å²) in [6.45, 7) is 1.49. The zero-order chi connectivity index (χ0) is 20.4.